The lowest BCUT2D eigenvalue weighted by Gasteiger charge is -2.50. The van der Waals surface area contributed by atoms with Gasteiger partial charge in [0.15, 0.2) is 0 Å². The van der Waals surface area contributed by atoms with Crippen LogP contribution in [0.2, 0.25) is 0 Å². The maximum atomic E-state index is 15.3. The van der Waals surface area contributed by atoms with Gasteiger partial charge in [-0.3, -0.25) is 29.5 Å². The number of fused-ring (bicyclic) bond motifs is 4. The summed E-state index contributed by atoms with van der Waals surface area (Å²) in [5.74, 6) is -6.89. The average Bonchev–Trinajstić information content (AvgIpc) is 3.53. The SMILES string of the molecule is COc1cc(O)ccc1[C@H]1C2=CC[C@@H]3C(=O)N(c4cccc(C(=O)O)c4)C(=O)[C@@H]3[C@@H]2C[C@H]2C(=O)N(Nc3ccc(C)cc3)C(=O)[C@@]12c1ccccc1. The van der Waals surface area contributed by atoms with Crippen LogP contribution in [0.15, 0.2) is 109 Å². The molecule has 2 heterocycles. The van der Waals surface area contributed by atoms with Crippen molar-refractivity contribution in [1.29, 1.82) is 0 Å². The highest BCUT2D eigenvalue weighted by molar-refractivity contribution is 6.23. The van der Waals surface area contributed by atoms with E-state index in [1.54, 1.807) is 18.2 Å². The smallest absolute Gasteiger partial charge is 0.335 e. The van der Waals surface area contributed by atoms with Crippen molar-refractivity contribution in [2.45, 2.75) is 31.1 Å². The summed E-state index contributed by atoms with van der Waals surface area (Å²) in [6, 6.07) is 26.9. The quantitative estimate of drug-likeness (QED) is 0.166. The van der Waals surface area contributed by atoms with Gasteiger partial charge in [-0.2, -0.15) is 5.01 Å². The number of phenolic OH excluding ortho intramolecular Hbond substituents is 1. The number of hydrogen-bond acceptors (Lipinski definition) is 8. The number of amides is 4. The van der Waals surface area contributed by atoms with Gasteiger partial charge in [-0.1, -0.05) is 71.8 Å². The second-order valence-corrected chi connectivity index (χ2v) is 13.9. The van der Waals surface area contributed by atoms with Crippen LogP contribution < -0.4 is 15.1 Å². The summed E-state index contributed by atoms with van der Waals surface area (Å²) in [5.41, 5.74) is 5.10. The van der Waals surface area contributed by atoms with Crippen molar-refractivity contribution in [3.8, 4) is 11.5 Å². The van der Waals surface area contributed by atoms with Crippen LogP contribution in [-0.4, -0.2) is 51.9 Å². The van der Waals surface area contributed by atoms with E-state index < -0.39 is 64.6 Å². The third-order valence-electron chi connectivity index (χ3n) is 11.3. The molecule has 8 rings (SSSR count). The lowest BCUT2D eigenvalue weighted by molar-refractivity contribution is -0.138. The number of nitrogens with one attached hydrogen (secondary N) is 1. The summed E-state index contributed by atoms with van der Waals surface area (Å²) >= 11 is 0. The van der Waals surface area contributed by atoms with Gasteiger partial charge in [-0.15, -0.1) is 0 Å². The molecule has 0 unspecified atom stereocenters. The van der Waals surface area contributed by atoms with Crippen molar-refractivity contribution >= 4 is 41.0 Å². The van der Waals surface area contributed by atoms with E-state index >= 15 is 4.79 Å². The first-order chi connectivity index (χ1) is 25.1. The summed E-state index contributed by atoms with van der Waals surface area (Å²) in [5, 5.41) is 21.2. The monoisotopic (exact) mass is 697 g/mol. The van der Waals surface area contributed by atoms with E-state index in [4.69, 9.17) is 4.74 Å². The highest BCUT2D eigenvalue weighted by Crippen LogP contribution is 2.65. The van der Waals surface area contributed by atoms with Gasteiger partial charge in [0.1, 0.15) is 11.5 Å². The number of carbonyl (C=O) groups is 5. The summed E-state index contributed by atoms with van der Waals surface area (Å²) in [6.45, 7) is 1.94. The van der Waals surface area contributed by atoms with E-state index in [1.165, 1.54) is 43.5 Å². The number of aromatic carboxylic acids is 1. The van der Waals surface area contributed by atoms with E-state index in [0.717, 1.165) is 21.0 Å². The molecule has 11 heteroatoms. The van der Waals surface area contributed by atoms with Gasteiger partial charge in [-0.05, 0) is 67.6 Å². The maximum absolute atomic E-state index is 15.3. The number of nitrogens with zero attached hydrogens (tertiary/aromatic N) is 2. The number of carbonyl (C=O) groups excluding carboxylic acids is 4. The Kier molecular flexibility index (Phi) is 7.74. The van der Waals surface area contributed by atoms with Crippen LogP contribution in [0.4, 0.5) is 11.4 Å². The van der Waals surface area contributed by atoms with Crippen LogP contribution in [0.5, 0.6) is 11.5 Å². The number of phenols is 1. The van der Waals surface area contributed by atoms with Gasteiger partial charge in [0.25, 0.3) is 11.8 Å². The van der Waals surface area contributed by atoms with Crippen LogP contribution in [0, 0.1) is 30.6 Å². The van der Waals surface area contributed by atoms with E-state index in [-0.39, 0.29) is 29.8 Å². The Morgan fingerprint density at radius 2 is 1.62 bits per heavy atom. The van der Waals surface area contributed by atoms with Crippen LogP contribution >= 0.6 is 0 Å². The molecule has 4 aromatic carbocycles. The van der Waals surface area contributed by atoms with Gasteiger partial charge in [0.2, 0.25) is 11.8 Å². The number of benzene rings is 4. The fraction of sp³-hybridized carbons (Fsp3) is 0.244. The number of carboxylic acid groups (broad SMARTS) is 1. The van der Waals surface area contributed by atoms with Crippen molar-refractivity contribution in [3.63, 3.8) is 0 Å². The fourth-order valence-corrected chi connectivity index (χ4v) is 9.06. The molecule has 11 nitrogen and oxygen atoms in total. The molecule has 3 fully saturated rings. The second-order valence-electron chi connectivity index (χ2n) is 13.9. The Labute approximate surface area is 299 Å². The number of aryl methyl sites for hydroxylation is 1. The first-order valence-corrected chi connectivity index (χ1v) is 17.1. The summed E-state index contributed by atoms with van der Waals surface area (Å²) in [4.78, 5) is 71.5. The number of methoxy groups -OCH3 is 1. The largest absolute Gasteiger partial charge is 0.508 e. The average molecular weight is 698 g/mol. The zero-order chi connectivity index (χ0) is 36.5. The lowest BCUT2D eigenvalue weighted by Crippen LogP contribution is -2.53. The third-order valence-corrected chi connectivity index (χ3v) is 11.3. The Balaban J connectivity index is 1.32. The molecule has 1 saturated carbocycles. The maximum Gasteiger partial charge on any atom is 0.335 e. The molecule has 2 saturated heterocycles. The van der Waals surface area contributed by atoms with E-state index in [2.05, 4.69) is 5.43 Å². The zero-order valence-electron chi connectivity index (χ0n) is 28.4. The van der Waals surface area contributed by atoms with Gasteiger partial charge < -0.3 is 14.9 Å². The molecule has 2 aliphatic heterocycles. The topological polar surface area (TPSA) is 154 Å². The Morgan fingerprint density at radius 1 is 0.865 bits per heavy atom. The molecule has 262 valence electrons. The molecule has 6 atom stereocenters. The van der Waals surface area contributed by atoms with Crippen LogP contribution in [0.25, 0.3) is 0 Å². The minimum absolute atomic E-state index is 0.0525. The lowest BCUT2D eigenvalue weighted by atomic mass is 9.49. The summed E-state index contributed by atoms with van der Waals surface area (Å²) in [6.07, 6.45) is 2.22. The van der Waals surface area contributed by atoms with Crippen LogP contribution in [0.3, 0.4) is 0 Å². The Hall–Kier alpha value is -6.23. The molecule has 3 N–H and O–H groups in total. The molecule has 2 aliphatic carbocycles. The summed E-state index contributed by atoms with van der Waals surface area (Å²) < 4.78 is 5.82. The highest BCUT2D eigenvalue weighted by atomic mass is 16.5. The molecular formula is C41H35N3O8. The van der Waals surface area contributed by atoms with Gasteiger partial charge in [0.05, 0.1) is 47.2 Å². The van der Waals surface area contributed by atoms with Crippen LogP contribution in [0.1, 0.15) is 45.8 Å². The van der Waals surface area contributed by atoms with Crippen molar-refractivity contribution < 1.29 is 38.9 Å². The molecule has 4 amide bonds. The molecular weight excluding hydrogens is 662 g/mol. The first kappa shape index (κ1) is 32.9. The number of aromatic hydroxyl groups is 1. The number of allylic oxidation sites excluding steroid dienone is 2. The fourth-order valence-electron chi connectivity index (χ4n) is 9.06. The summed E-state index contributed by atoms with van der Waals surface area (Å²) in [7, 11) is 1.46. The van der Waals surface area contributed by atoms with Gasteiger partial charge >= 0.3 is 5.97 Å². The number of hydrazine groups is 1. The van der Waals surface area contributed by atoms with Crippen molar-refractivity contribution in [2.75, 3.05) is 17.4 Å². The normalized spacial score (nSPS) is 26.4. The molecule has 4 aliphatic rings. The van der Waals surface area contributed by atoms with Crippen molar-refractivity contribution in [1.82, 2.24) is 5.01 Å². The van der Waals surface area contributed by atoms with Gasteiger partial charge in [0, 0.05) is 17.5 Å². The predicted octanol–water partition coefficient (Wildman–Crippen LogP) is 5.60. The second kappa shape index (κ2) is 12.2. The Morgan fingerprint density at radius 3 is 2.33 bits per heavy atom. The molecule has 0 spiro atoms. The standard InChI is InChI=1S/C41H35N3O8/c1-22-11-13-25(14-12-22)42-44-37(47)32-21-31-28(17-18-30-34(31)38(48)43(36(30)46)26-10-6-7-23(19-26)39(49)50)35(29-16-15-27(45)20-33(29)52-2)41(32,40(44)51)24-8-4-3-5-9-24/h3-17,19-20,30-32,34-35,42,45H,18,21H2,1-2H3,(H,49,50)/t30-,31+,32-,34-,35+,41+/m0/s1. The highest BCUT2D eigenvalue weighted by Gasteiger charge is 2.70. The van der Waals surface area contributed by atoms with Crippen molar-refractivity contribution in [2.24, 2.45) is 23.7 Å². The first-order valence-electron chi connectivity index (χ1n) is 17.1. The van der Waals surface area contributed by atoms with E-state index in [0.29, 0.717) is 22.6 Å². The zero-order valence-corrected chi connectivity index (χ0v) is 28.4. The molecule has 0 aromatic heterocycles. The number of anilines is 2. The Bertz CT molecular complexity index is 2200. The van der Waals surface area contributed by atoms with Crippen molar-refractivity contribution in [3.05, 3.63) is 131 Å². The number of ether oxygens (including phenoxy) is 1. The number of carboxylic acids is 1. The molecule has 0 bridgehead atoms. The van der Waals surface area contributed by atoms with E-state index in [9.17, 15) is 29.4 Å². The predicted molar refractivity (Wildman–Crippen MR) is 189 cm³/mol. The molecule has 4 aromatic rings. The molecule has 0 radical (unpaired) electrons. The molecule has 52 heavy (non-hydrogen) atoms. The van der Waals surface area contributed by atoms with Crippen LogP contribution in [-0.2, 0) is 24.6 Å². The van der Waals surface area contributed by atoms with E-state index in [1.807, 2.05) is 55.5 Å². The number of imide groups is 2. The number of hydrogen-bond donors (Lipinski definition) is 3. The third kappa shape index (κ3) is 4.75. The number of rotatable bonds is 7. The minimum atomic E-state index is -1.50. The van der Waals surface area contributed by atoms with Gasteiger partial charge in [-0.25, -0.2) is 4.79 Å². The minimum Gasteiger partial charge on any atom is -0.508 e.